The molecule has 5 nitrogen and oxygen atoms in total. The third-order valence-corrected chi connectivity index (χ3v) is 4.15. The molecule has 1 aliphatic rings. The van der Waals surface area contributed by atoms with Crippen LogP contribution >= 0.6 is 11.6 Å². The molecule has 1 aromatic carbocycles. The summed E-state index contributed by atoms with van der Waals surface area (Å²) < 4.78 is 0. The first-order valence-electron chi connectivity index (χ1n) is 6.36. The second-order valence-corrected chi connectivity index (χ2v) is 5.40. The highest BCUT2D eigenvalue weighted by Gasteiger charge is 2.33. The summed E-state index contributed by atoms with van der Waals surface area (Å²) in [5.74, 6) is 0. The second-order valence-electron chi connectivity index (χ2n) is 4.99. The summed E-state index contributed by atoms with van der Waals surface area (Å²) in [5, 5.41) is 24.1. The average Bonchev–Trinajstić information content (AvgIpc) is 2.86. The number of hydrogen-bond donors (Lipinski definition) is 2. The van der Waals surface area contributed by atoms with Crippen molar-refractivity contribution in [2.24, 2.45) is 0 Å². The zero-order valence-electron chi connectivity index (χ0n) is 10.6. The topological polar surface area (TPSA) is 75.4 Å². The molecule has 0 radical (unpaired) electrons. The Balaban J connectivity index is 2.17. The average molecular weight is 285 g/mol. The van der Waals surface area contributed by atoms with E-state index in [2.05, 4.69) is 5.32 Å². The Morgan fingerprint density at radius 1 is 1.42 bits per heavy atom. The molecule has 2 N–H and O–H groups in total. The number of aliphatic hydroxyl groups excluding tert-OH is 1. The fourth-order valence-electron chi connectivity index (χ4n) is 2.61. The van der Waals surface area contributed by atoms with E-state index in [4.69, 9.17) is 11.6 Å². The van der Waals surface area contributed by atoms with Gasteiger partial charge in [0.05, 0.1) is 22.1 Å². The van der Waals surface area contributed by atoms with Gasteiger partial charge >= 0.3 is 0 Å². The quantitative estimate of drug-likeness (QED) is 0.644. The maximum Gasteiger partial charge on any atom is 0.275 e. The molecule has 0 atom stereocenters. The molecule has 0 spiro atoms. The molecule has 6 heteroatoms. The Morgan fingerprint density at radius 3 is 2.68 bits per heavy atom. The summed E-state index contributed by atoms with van der Waals surface area (Å²) in [7, 11) is 0. The summed E-state index contributed by atoms with van der Waals surface area (Å²) in [6, 6.07) is 4.66. The van der Waals surface area contributed by atoms with E-state index in [0.29, 0.717) is 17.1 Å². The highest BCUT2D eigenvalue weighted by molar-refractivity contribution is 6.31. The van der Waals surface area contributed by atoms with Crippen LogP contribution in [0.2, 0.25) is 5.02 Å². The Hall–Kier alpha value is -1.17. The monoisotopic (exact) mass is 284 g/mol. The van der Waals surface area contributed by atoms with Crippen molar-refractivity contribution in [1.29, 1.82) is 0 Å². The lowest BCUT2D eigenvalue weighted by Crippen LogP contribution is -2.45. The number of nitrogens with zero attached hydrogens (tertiary/aromatic N) is 1. The van der Waals surface area contributed by atoms with Gasteiger partial charge in [0.15, 0.2) is 0 Å². The SMILES string of the molecule is O=[N+]([O-])c1cccc(Cl)c1CNC1(CO)CCCC1. The molecule has 0 bridgehead atoms. The minimum atomic E-state index is -0.427. The van der Waals surface area contributed by atoms with Crippen LogP contribution in [-0.4, -0.2) is 22.2 Å². The standard InChI is InChI=1S/C13H17ClN2O3/c14-11-4-3-5-12(16(18)19)10(11)8-15-13(9-17)6-1-2-7-13/h3-5,15,17H,1-2,6-9H2. The van der Waals surface area contributed by atoms with Crippen molar-refractivity contribution in [3.05, 3.63) is 38.9 Å². The Bertz CT molecular complexity index is 473. The largest absolute Gasteiger partial charge is 0.394 e. The maximum absolute atomic E-state index is 11.0. The number of nitro benzene ring substituents is 1. The number of halogens is 1. The third kappa shape index (κ3) is 3.05. The fourth-order valence-corrected chi connectivity index (χ4v) is 2.85. The van der Waals surface area contributed by atoms with E-state index in [-0.39, 0.29) is 17.8 Å². The summed E-state index contributed by atoms with van der Waals surface area (Å²) in [6.45, 7) is 0.349. The number of aliphatic hydroxyl groups is 1. The first-order valence-corrected chi connectivity index (χ1v) is 6.73. The molecule has 0 saturated heterocycles. The lowest BCUT2D eigenvalue weighted by atomic mass is 9.98. The van der Waals surface area contributed by atoms with E-state index in [0.717, 1.165) is 25.7 Å². The van der Waals surface area contributed by atoms with Crippen molar-refractivity contribution >= 4 is 17.3 Å². The van der Waals surface area contributed by atoms with Crippen molar-refractivity contribution in [2.45, 2.75) is 37.8 Å². The summed E-state index contributed by atoms with van der Waals surface area (Å²) in [5.41, 5.74) is 0.188. The number of rotatable bonds is 5. The van der Waals surface area contributed by atoms with Crippen LogP contribution in [0.4, 0.5) is 5.69 Å². The van der Waals surface area contributed by atoms with Gasteiger partial charge in [0.2, 0.25) is 0 Å². The predicted molar refractivity (Wildman–Crippen MR) is 73.2 cm³/mol. The van der Waals surface area contributed by atoms with E-state index in [1.807, 2.05) is 0 Å². The van der Waals surface area contributed by atoms with Crippen LogP contribution in [0.25, 0.3) is 0 Å². The summed E-state index contributed by atoms with van der Waals surface area (Å²) in [6.07, 6.45) is 3.92. The van der Waals surface area contributed by atoms with Gasteiger partial charge in [-0.2, -0.15) is 0 Å². The van der Waals surface area contributed by atoms with Gasteiger partial charge in [-0.3, -0.25) is 10.1 Å². The summed E-state index contributed by atoms with van der Waals surface area (Å²) in [4.78, 5) is 10.6. The van der Waals surface area contributed by atoms with Crippen LogP contribution in [0.15, 0.2) is 18.2 Å². The third-order valence-electron chi connectivity index (χ3n) is 3.79. The van der Waals surface area contributed by atoms with Gasteiger partial charge in [-0.25, -0.2) is 0 Å². The highest BCUT2D eigenvalue weighted by Crippen LogP contribution is 2.31. The molecule has 19 heavy (non-hydrogen) atoms. The lowest BCUT2D eigenvalue weighted by molar-refractivity contribution is -0.385. The molecule has 1 aliphatic carbocycles. The normalized spacial score (nSPS) is 17.6. The smallest absolute Gasteiger partial charge is 0.275 e. The van der Waals surface area contributed by atoms with Gasteiger partial charge in [0, 0.05) is 18.2 Å². The minimum Gasteiger partial charge on any atom is -0.394 e. The highest BCUT2D eigenvalue weighted by atomic mass is 35.5. The molecule has 1 aromatic rings. The van der Waals surface area contributed by atoms with Crippen molar-refractivity contribution in [3.63, 3.8) is 0 Å². The predicted octanol–water partition coefficient (Wildman–Crippen LogP) is 2.64. The van der Waals surface area contributed by atoms with E-state index >= 15 is 0 Å². The van der Waals surface area contributed by atoms with Crippen molar-refractivity contribution in [3.8, 4) is 0 Å². The van der Waals surface area contributed by atoms with Gasteiger partial charge in [-0.1, -0.05) is 30.5 Å². The van der Waals surface area contributed by atoms with Gasteiger partial charge < -0.3 is 10.4 Å². The molecule has 0 aliphatic heterocycles. The van der Waals surface area contributed by atoms with Crippen LogP contribution in [-0.2, 0) is 6.54 Å². The van der Waals surface area contributed by atoms with Crippen molar-refractivity contribution in [1.82, 2.24) is 5.32 Å². The Labute approximate surface area is 116 Å². The van der Waals surface area contributed by atoms with Gasteiger partial charge in [-0.15, -0.1) is 0 Å². The van der Waals surface area contributed by atoms with Crippen LogP contribution < -0.4 is 5.32 Å². The van der Waals surface area contributed by atoms with Crippen LogP contribution in [0.1, 0.15) is 31.2 Å². The molecule has 0 amide bonds. The molecule has 2 rings (SSSR count). The zero-order valence-corrected chi connectivity index (χ0v) is 11.3. The van der Waals surface area contributed by atoms with Crippen molar-refractivity contribution in [2.75, 3.05) is 6.61 Å². The fraction of sp³-hybridized carbons (Fsp3) is 0.538. The van der Waals surface area contributed by atoms with E-state index in [9.17, 15) is 15.2 Å². The molecule has 0 aromatic heterocycles. The lowest BCUT2D eigenvalue weighted by Gasteiger charge is -2.28. The Morgan fingerprint density at radius 2 is 2.11 bits per heavy atom. The molecular weight excluding hydrogens is 268 g/mol. The molecule has 1 fully saturated rings. The van der Waals surface area contributed by atoms with Gasteiger partial charge in [-0.05, 0) is 18.9 Å². The summed E-state index contributed by atoms with van der Waals surface area (Å²) >= 11 is 6.04. The number of nitro groups is 1. The maximum atomic E-state index is 11.0. The van der Waals surface area contributed by atoms with Crippen LogP contribution in [0.5, 0.6) is 0 Å². The second kappa shape index (κ2) is 5.86. The molecule has 1 saturated carbocycles. The van der Waals surface area contributed by atoms with Gasteiger partial charge in [0.1, 0.15) is 0 Å². The number of benzene rings is 1. The van der Waals surface area contributed by atoms with E-state index < -0.39 is 4.92 Å². The molecular formula is C13H17ClN2O3. The molecule has 0 heterocycles. The van der Waals surface area contributed by atoms with E-state index in [1.165, 1.54) is 6.07 Å². The number of hydrogen-bond acceptors (Lipinski definition) is 4. The van der Waals surface area contributed by atoms with Crippen LogP contribution in [0, 0.1) is 10.1 Å². The number of nitrogens with one attached hydrogen (secondary N) is 1. The first kappa shape index (κ1) is 14.2. The van der Waals surface area contributed by atoms with Gasteiger partial charge in [0.25, 0.3) is 5.69 Å². The van der Waals surface area contributed by atoms with E-state index in [1.54, 1.807) is 12.1 Å². The zero-order chi connectivity index (χ0) is 13.9. The van der Waals surface area contributed by atoms with Crippen molar-refractivity contribution < 1.29 is 10.0 Å². The molecule has 104 valence electrons. The Kier molecular flexibility index (Phi) is 4.39. The molecule has 0 unspecified atom stereocenters. The minimum absolute atomic E-state index is 0.0195. The van der Waals surface area contributed by atoms with Crippen LogP contribution in [0.3, 0.4) is 0 Å². The first-order chi connectivity index (χ1) is 9.08.